The minimum absolute atomic E-state index is 0.101. The van der Waals surface area contributed by atoms with E-state index in [2.05, 4.69) is 0 Å². The van der Waals surface area contributed by atoms with Gasteiger partial charge in [0.15, 0.2) is 5.41 Å². The maximum atomic E-state index is 12.1. The molecule has 0 N–H and O–H groups in total. The highest BCUT2D eigenvalue weighted by Crippen LogP contribution is 2.72. The largest absolute Gasteiger partial charge is 0.468 e. The van der Waals surface area contributed by atoms with E-state index in [0.29, 0.717) is 6.42 Å². The summed E-state index contributed by atoms with van der Waals surface area (Å²) in [5.74, 6) is -0.446. The number of alkyl halides is 1. The highest BCUT2D eigenvalue weighted by atomic mass is 35.5. The van der Waals surface area contributed by atoms with E-state index in [9.17, 15) is 14.9 Å². The van der Waals surface area contributed by atoms with Crippen LogP contribution in [0.15, 0.2) is 0 Å². The van der Waals surface area contributed by atoms with Gasteiger partial charge in [-0.3, -0.25) is 14.9 Å². The van der Waals surface area contributed by atoms with E-state index in [1.54, 1.807) is 0 Å². The predicted molar refractivity (Wildman–Crippen MR) is 61.1 cm³/mol. The predicted octanol–water partition coefficient (Wildman–Crippen LogP) is 2.20. The number of fused-ring (bicyclic) bond motifs is 2. The first-order valence-corrected chi connectivity index (χ1v) is 6.03. The lowest BCUT2D eigenvalue weighted by atomic mass is 9.67. The van der Waals surface area contributed by atoms with Gasteiger partial charge in [-0.1, -0.05) is 13.8 Å². The molecule has 6 heteroatoms. The smallest absolute Gasteiger partial charge is 0.321 e. The molecule has 0 spiro atoms. The Morgan fingerprint density at radius 2 is 2.12 bits per heavy atom. The third-order valence-electron chi connectivity index (χ3n) is 4.98. The van der Waals surface area contributed by atoms with Gasteiger partial charge in [-0.15, -0.1) is 0 Å². The number of ether oxygens (including phenoxy) is 1. The molecule has 0 aromatic heterocycles. The number of carbonyl (C=O) groups is 1. The number of nitro groups is 1. The van der Waals surface area contributed by atoms with Crippen LogP contribution in [0.25, 0.3) is 0 Å². The van der Waals surface area contributed by atoms with Crippen LogP contribution in [0.3, 0.4) is 0 Å². The molecule has 2 bridgehead atoms. The Hall–Kier alpha value is -0.840. The number of esters is 1. The topological polar surface area (TPSA) is 69.4 Å². The van der Waals surface area contributed by atoms with E-state index in [4.69, 9.17) is 16.3 Å². The summed E-state index contributed by atoms with van der Waals surface area (Å²) < 4.78 is 4.81. The van der Waals surface area contributed by atoms with Gasteiger partial charge in [0.2, 0.25) is 0 Å². The van der Waals surface area contributed by atoms with Crippen molar-refractivity contribution in [2.75, 3.05) is 7.11 Å². The van der Waals surface area contributed by atoms with Crippen LogP contribution in [0.5, 0.6) is 0 Å². The van der Waals surface area contributed by atoms with Crippen LogP contribution in [-0.4, -0.2) is 23.0 Å². The number of rotatable bonds is 2. The molecule has 2 fully saturated rings. The monoisotopic (exact) mass is 261 g/mol. The van der Waals surface area contributed by atoms with Gasteiger partial charge in [-0.05, 0) is 35.8 Å². The summed E-state index contributed by atoms with van der Waals surface area (Å²) in [6.45, 7) is 3.77. The zero-order valence-electron chi connectivity index (χ0n) is 10.2. The van der Waals surface area contributed by atoms with Crippen LogP contribution in [0, 0.1) is 26.9 Å². The van der Waals surface area contributed by atoms with E-state index < -0.39 is 26.7 Å². The lowest BCUT2D eigenvalue weighted by molar-refractivity contribution is -0.559. The second-order valence-electron chi connectivity index (χ2n) is 5.57. The molecule has 96 valence electrons. The van der Waals surface area contributed by atoms with Crippen molar-refractivity contribution in [3.05, 3.63) is 10.1 Å². The quantitative estimate of drug-likeness (QED) is 0.251. The van der Waals surface area contributed by atoms with Crippen molar-refractivity contribution in [2.45, 2.75) is 38.1 Å². The molecular formula is C11H16ClNO4. The lowest BCUT2D eigenvalue weighted by Crippen LogP contribution is -2.55. The van der Waals surface area contributed by atoms with Gasteiger partial charge >= 0.3 is 11.0 Å². The van der Waals surface area contributed by atoms with Crippen molar-refractivity contribution in [3.63, 3.8) is 0 Å². The average molecular weight is 262 g/mol. The first-order chi connectivity index (χ1) is 7.74. The van der Waals surface area contributed by atoms with Crippen LogP contribution in [0.1, 0.15) is 33.1 Å². The van der Waals surface area contributed by atoms with Crippen LogP contribution in [-0.2, 0) is 9.53 Å². The van der Waals surface area contributed by atoms with Gasteiger partial charge in [0.1, 0.15) is 0 Å². The van der Waals surface area contributed by atoms with Gasteiger partial charge < -0.3 is 4.74 Å². The SMILES string of the molecule is COC(=O)[C@]12CC[C@H](C[C@@]1(Cl)[N+](=O)[O-])C2(C)C. The second-order valence-corrected chi connectivity index (χ2v) is 6.20. The Morgan fingerprint density at radius 1 is 1.53 bits per heavy atom. The fourth-order valence-corrected chi connectivity index (χ4v) is 4.49. The Morgan fingerprint density at radius 3 is 2.53 bits per heavy atom. The molecule has 0 radical (unpaired) electrons. The highest BCUT2D eigenvalue weighted by Gasteiger charge is 2.81. The van der Waals surface area contributed by atoms with Crippen molar-refractivity contribution >= 4 is 17.6 Å². The van der Waals surface area contributed by atoms with Crippen molar-refractivity contribution in [1.82, 2.24) is 0 Å². The summed E-state index contributed by atoms with van der Waals surface area (Å²) in [5.41, 5.74) is -1.70. The number of methoxy groups -OCH3 is 1. The summed E-state index contributed by atoms with van der Waals surface area (Å²) in [7, 11) is 1.26. The van der Waals surface area contributed by atoms with E-state index >= 15 is 0 Å². The molecule has 0 unspecified atom stereocenters. The molecule has 2 aliphatic carbocycles. The standard InChI is InChI=1S/C11H16ClNO4/c1-9(2)7-4-5-10(9,8(14)17-3)11(12,6-7)13(15)16/h7H,4-6H2,1-3H3/t7-,10+,11-/m1/s1. The van der Waals surface area contributed by atoms with Crippen molar-refractivity contribution in [2.24, 2.45) is 16.7 Å². The zero-order chi connectivity index (χ0) is 13.1. The molecule has 2 rings (SSSR count). The Bertz CT molecular complexity index is 397. The third-order valence-corrected chi connectivity index (χ3v) is 5.60. The van der Waals surface area contributed by atoms with Gasteiger partial charge in [0.25, 0.3) is 0 Å². The first-order valence-electron chi connectivity index (χ1n) is 5.66. The minimum atomic E-state index is -1.72. The van der Waals surface area contributed by atoms with E-state index in [1.807, 2.05) is 13.8 Å². The van der Waals surface area contributed by atoms with Crippen molar-refractivity contribution < 1.29 is 14.5 Å². The molecular weight excluding hydrogens is 246 g/mol. The molecule has 0 aromatic carbocycles. The fourth-order valence-electron chi connectivity index (χ4n) is 3.89. The molecule has 0 saturated heterocycles. The van der Waals surface area contributed by atoms with Gasteiger partial charge in [0.05, 0.1) is 7.11 Å². The molecule has 3 atom stereocenters. The summed E-state index contributed by atoms with van der Waals surface area (Å²) in [4.78, 5) is 21.2. The minimum Gasteiger partial charge on any atom is -0.468 e. The van der Waals surface area contributed by atoms with Crippen LogP contribution >= 0.6 is 11.6 Å². The lowest BCUT2D eigenvalue weighted by Gasteiger charge is -2.38. The maximum absolute atomic E-state index is 12.1. The Kier molecular flexibility index (Phi) is 2.48. The summed E-state index contributed by atoms with van der Waals surface area (Å²) >= 11 is 6.22. The molecule has 0 aromatic rings. The first kappa shape index (κ1) is 12.6. The number of carbonyl (C=O) groups excluding carboxylic acids is 1. The Labute approximate surface area is 105 Å². The van der Waals surface area contributed by atoms with Crippen molar-refractivity contribution in [1.29, 1.82) is 0 Å². The van der Waals surface area contributed by atoms with Crippen LogP contribution in [0.2, 0.25) is 0 Å². The highest BCUT2D eigenvalue weighted by molar-refractivity contribution is 6.25. The summed E-state index contributed by atoms with van der Waals surface area (Å²) in [5, 5.41) is 11.3. The van der Waals surface area contributed by atoms with E-state index in [0.717, 1.165) is 6.42 Å². The molecule has 0 aliphatic heterocycles. The van der Waals surface area contributed by atoms with Gasteiger partial charge in [0, 0.05) is 11.3 Å². The molecule has 17 heavy (non-hydrogen) atoms. The number of halogens is 1. The number of hydrogen-bond donors (Lipinski definition) is 0. The van der Waals surface area contributed by atoms with Gasteiger partial charge in [-0.2, -0.15) is 0 Å². The van der Waals surface area contributed by atoms with E-state index in [1.165, 1.54) is 7.11 Å². The van der Waals surface area contributed by atoms with Gasteiger partial charge in [-0.25, -0.2) is 0 Å². The van der Waals surface area contributed by atoms with Crippen LogP contribution in [0.4, 0.5) is 0 Å². The third kappa shape index (κ3) is 1.13. The zero-order valence-corrected chi connectivity index (χ0v) is 10.9. The number of hydrogen-bond acceptors (Lipinski definition) is 4. The Balaban J connectivity index is 2.62. The average Bonchev–Trinajstić information content (AvgIpc) is 2.60. The molecule has 5 nitrogen and oxygen atoms in total. The molecule has 2 saturated carbocycles. The summed E-state index contributed by atoms with van der Waals surface area (Å²) in [6.07, 6.45) is 1.47. The van der Waals surface area contributed by atoms with Crippen molar-refractivity contribution in [3.8, 4) is 0 Å². The summed E-state index contributed by atoms with van der Waals surface area (Å²) in [6, 6.07) is 0. The number of nitrogens with zero attached hydrogens (tertiary/aromatic N) is 1. The molecule has 0 amide bonds. The van der Waals surface area contributed by atoms with Crippen LogP contribution < -0.4 is 0 Å². The van der Waals surface area contributed by atoms with E-state index in [-0.39, 0.29) is 12.3 Å². The molecule has 0 heterocycles. The second kappa shape index (κ2) is 3.34. The maximum Gasteiger partial charge on any atom is 0.321 e. The fraction of sp³-hybridized carbons (Fsp3) is 0.909. The normalized spacial score (nSPS) is 42.5. The molecule has 2 aliphatic rings.